The number of carbonyl (C=O) groups is 2. The van der Waals surface area contributed by atoms with E-state index < -0.39 is 22.8 Å². The predicted molar refractivity (Wildman–Crippen MR) is 69.2 cm³/mol. The van der Waals surface area contributed by atoms with E-state index in [1.165, 1.54) is 14.2 Å². The molecule has 0 aromatic rings. The van der Waals surface area contributed by atoms with Gasteiger partial charge in [0.15, 0.2) is 5.41 Å². The number of aliphatic hydroxyl groups excluding tert-OH is 1. The van der Waals surface area contributed by atoms with Crippen LogP contribution in [0.4, 0.5) is 0 Å². The predicted octanol–water partition coefficient (Wildman–Crippen LogP) is 1.38. The van der Waals surface area contributed by atoms with E-state index in [4.69, 9.17) is 9.47 Å². The average molecular weight is 272 g/mol. The molecular formula is C14H24O5. The summed E-state index contributed by atoms with van der Waals surface area (Å²) in [6.07, 6.45) is 0.625. The number of ether oxygens (including phenoxy) is 2. The lowest BCUT2D eigenvalue weighted by molar-refractivity contribution is -0.169. The van der Waals surface area contributed by atoms with Gasteiger partial charge in [-0.2, -0.15) is 0 Å². The van der Waals surface area contributed by atoms with Gasteiger partial charge < -0.3 is 14.6 Å². The zero-order valence-electron chi connectivity index (χ0n) is 12.4. The first kappa shape index (κ1) is 16.0. The molecule has 1 saturated carbocycles. The topological polar surface area (TPSA) is 72.8 Å². The van der Waals surface area contributed by atoms with Gasteiger partial charge in [-0.15, -0.1) is 0 Å². The Kier molecular flexibility index (Phi) is 4.61. The van der Waals surface area contributed by atoms with Gasteiger partial charge in [-0.1, -0.05) is 20.8 Å². The molecule has 0 aliphatic heterocycles. The molecule has 19 heavy (non-hydrogen) atoms. The van der Waals surface area contributed by atoms with Crippen LogP contribution < -0.4 is 0 Å². The van der Waals surface area contributed by atoms with Crippen molar-refractivity contribution < 1.29 is 24.2 Å². The van der Waals surface area contributed by atoms with E-state index in [1.54, 1.807) is 0 Å². The summed E-state index contributed by atoms with van der Waals surface area (Å²) in [5.74, 6) is -0.812. The molecule has 1 N–H and O–H groups in total. The summed E-state index contributed by atoms with van der Waals surface area (Å²) in [5.41, 5.74) is -1.76. The van der Waals surface area contributed by atoms with Crippen molar-refractivity contribution in [3.63, 3.8) is 0 Å². The molecule has 0 saturated heterocycles. The van der Waals surface area contributed by atoms with Crippen LogP contribution in [0.15, 0.2) is 0 Å². The van der Waals surface area contributed by atoms with Crippen LogP contribution in [0.1, 0.15) is 33.6 Å². The third-order valence-corrected chi connectivity index (χ3v) is 4.49. The summed E-state index contributed by atoms with van der Waals surface area (Å²) in [7, 11) is 2.54. The Hall–Kier alpha value is -1.10. The Balaban J connectivity index is 3.23. The zero-order valence-corrected chi connectivity index (χ0v) is 12.4. The second-order valence-electron chi connectivity index (χ2n) is 6.11. The van der Waals surface area contributed by atoms with Gasteiger partial charge in [-0.3, -0.25) is 9.59 Å². The van der Waals surface area contributed by atoms with Crippen molar-refractivity contribution in [3.05, 3.63) is 0 Å². The summed E-state index contributed by atoms with van der Waals surface area (Å²) < 4.78 is 9.61. The van der Waals surface area contributed by atoms with Crippen LogP contribution in [0.3, 0.4) is 0 Å². The zero-order chi connectivity index (χ0) is 14.8. The van der Waals surface area contributed by atoms with Crippen LogP contribution >= 0.6 is 0 Å². The van der Waals surface area contributed by atoms with Gasteiger partial charge >= 0.3 is 11.9 Å². The maximum atomic E-state index is 12.1. The Morgan fingerprint density at radius 3 is 2.00 bits per heavy atom. The van der Waals surface area contributed by atoms with Crippen LogP contribution in [0.2, 0.25) is 0 Å². The van der Waals surface area contributed by atoms with Crippen molar-refractivity contribution in [3.8, 4) is 0 Å². The van der Waals surface area contributed by atoms with Gasteiger partial charge in [0.25, 0.3) is 0 Å². The summed E-state index contributed by atoms with van der Waals surface area (Å²) in [6, 6.07) is 0. The first-order valence-corrected chi connectivity index (χ1v) is 6.55. The van der Waals surface area contributed by atoms with E-state index in [-0.39, 0.29) is 24.9 Å². The minimum Gasteiger partial charge on any atom is -0.468 e. The number of rotatable bonds is 4. The van der Waals surface area contributed by atoms with Gasteiger partial charge in [0.2, 0.25) is 0 Å². The lowest BCUT2D eigenvalue weighted by atomic mass is 9.74. The van der Waals surface area contributed by atoms with Gasteiger partial charge in [-0.25, -0.2) is 0 Å². The minimum atomic E-state index is -1.28. The maximum Gasteiger partial charge on any atom is 0.323 e. The van der Waals surface area contributed by atoms with E-state index >= 15 is 0 Å². The Bertz CT molecular complexity index is 347. The van der Waals surface area contributed by atoms with Crippen LogP contribution in [0.25, 0.3) is 0 Å². The highest BCUT2D eigenvalue weighted by Crippen LogP contribution is 2.56. The van der Waals surface area contributed by atoms with Gasteiger partial charge in [0.1, 0.15) is 0 Å². The minimum absolute atomic E-state index is 0.0639. The van der Waals surface area contributed by atoms with Crippen molar-refractivity contribution in [2.75, 3.05) is 20.8 Å². The van der Waals surface area contributed by atoms with Crippen molar-refractivity contribution >= 4 is 11.9 Å². The van der Waals surface area contributed by atoms with Crippen LogP contribution in [0, 0.1) is 22.7 Å². The molecule has 1 rings (SSSR count). The van der Waals surface area contributed by atoms with E-state index in [0.717, 1.165) is 0 Å². The number of aliphatic hydroxyl groups is 1. The molecule has 2 unspecified atom stereocenters. The fourth-order valence-electron chi connectivity index (χ4n) is 3.51. The third-order valence-electron chi connectivity index (χ3n) is 4.49. The molecule has 0 aromatic heterocycles. The number of methoxy groups -OCH3 is 2. The molecule has 1 aliphatic carbocycles. The summed E-state index contributed by atoms with van der Waals surface area (Å²) in [5, 5.41) is 9.68. The lowest BCUT2D eigenvalue weighted by Gasteiger charge is -2.32. The van der Waals surface area contributed by atoms with Crippen molar-refractivity contribution in [2.24, 2.45) is 22.7 Å². The molecule has 0 heterocycles. The van der Waals surface area contributed by atoms with Crippen LogP contribution in [0.5, 0.6) is 0 Å². The summed E-state index contributed by atoms with van der Waals surface area (Å²) in [6.45, 7) is 5.91. The normalized spacial score (nSPS) is 29.3. The smallest absolute Gasteiger partial charge is 0.323 e. The average Bonchev–Trinajstić information content (AvgIpc) is 2.73. The molecule has 0 aromatic carbocycles. The monoisotopic (exact) mass is 272 g/mol. The van der Waals surface area contributed by atoms with Gasteiger partial charge in [0.05, 0.1) is 14.2 Å². The summed E-state index contributed by atoms with van der Waals surface area (Å²) >= 11 is 0. The molecule has 0 radical (unpaired) electrons. The van der Waals surface area contributed by atoms with E-state index in [2.05, 4.69) is 0 Å². The molecule has 0 spiro atoms. The standard InChI is InChI=1S/C14H24O5/c1-9(2)10-6-14(11(16)18-4,12(17)19-5)7-13(10,3)8-15/h9-10,15H,6-8H2,1-5H3. The molecule has 110 valence electrons. The second-order valence-corrected chi connectivity index (χ2v) is 6.11. The molecule has 2 atom stereocenters. The SMILES string of the molecule is COC(=O)C1(C(=O)OC)CC(C(C)C)C(C)(CO)C1. The number of esters is 2. The third kappa shape index (κ3) is 2.48. The molecule has 5 nitrogen and oxygen atoms in total. The van der Waals surface area contributed by atoms with Crippen molar-refractivity contribution in [2.45, 2.75) is 33.6 Å². The molecule has 1 fully saturated rings. The van der Waals surface area contributed by atoms with Crippen molar-refractivity contribution in [1.82, 2.24) is 0 Å². The number of hydrogen-bond acceptors (Lipinski definition) is 5. The highest BCUT2D eigenvalue weighted by Gasteiger charge is 2.61. The van der Waals surface area contributed by atoms with Gasteiger partial charge in [-0.05, 0) is 30.1 Å². The highest BCUT2D eigenvalue weighted by molar-refractivity contribution is 6.00. The van der Waals surface area contributed by atoms with Gasteiger partial charge in [0, 0.05) is 6.61 Å². The Morgan fingerprint density at radius 2 is 1.74 bits per heavy atom. The largest absolute Gasteiger partial charge is 0.468 e. The number of carbonyl (C=O) groups excluding carboxylic acids is 2. The van der Waals surface area contributed by atoms with Crippen molar-refractivity contribution in [1.29, 1.82) is 0 Å². The summed E-state index contributed by atoms with van der Waals surface area (Å²) in [4.78, 5) is 24.2. The highest BCUT2D eigenvalue weighted by atomic mass is 16.5. The molecule has 0 bridgehead atoms. The van der Waals surface area contributed by atoms with Crippen LogP contribution in [-0.4, -0.2) is 37.9 Å². The first-order valence-electron chi connectivity index (χ1n) is 6.55. The van der Waals surface area contributed by atoms with E-state index in [9.17, 15) is 14.7 Å². The second kappa shape index (κ2) is 5.49. The maximum absolute atomic E-state index is 12.1. The van der Waals surface area contributed by atoms with Crippen LogP contribution in [-0.2, 0) is 19.1 Å². The molecule has 1 aliphatic rings. The molecule has 5 heteroatoms. The Labute approximate surface area is 114 Å². The molecular weight excluding hydrogens is 248 g/mol. The molecule has 0 amide bonds. The quantitative estimate of drug-likeness (QED) is 0.618. The van der Waals surface area contributed by atoms with E-state index in [1.807, 2.05) is 20.8 Å². The lowest BCUT2D eigenvalue weighted by Crippen LogP contribution is -2.40. The fraction of sp³-hybridized carbons (Fsp3) is 0.857. The fourth-order valence-corrected chi connectivity index (χ4v) is 3.51. The first-order chi connectivity index (χ1) is 8.77. The number of hydrogen-bond donors (Lipinski definition) is 1. The van der Waals surface area contributed by atoms with E-state index in [0.29, 0.717) is 6.42 Å². The Morgan fingerprint density at radius 1 is 1.26 bits per heavy atom.